The summed E-state index contributed by atoms with van der Waals surface area (Å²) in [7, 11) is -8.23. The Hall–Kier alpha value is -1.30. The molecule has 37 heavy (non-hydrogen) atoms. The van der Waals surface area contributed by atoms with Crippen LogP contribution in [0.15, 0.2) is 60.7 Å². The molecule has 0 spiro atoms. The molecule has 0 radical (unpaired) electrons. The van der Waals surface area contributed by atoms with Gasteiger partial charge in [0.15, 0.2) is 8.32 Å². The molecule has 0 aromatic heterocycles. The van der Waals surface area contributed by atoms with Crippen LogP contribution in [-0.4, -0.2) is 50.6 Å². The predicted octanol–water partition coefficient (Wildman–Crippen LogP) is 5.57. The van der Waals surface area contributed by atoms with E-state index in [2.05, 4.69) is 103 Å². The van der Waals surface area contributed by atoms with Crippen LogP contribution in [0.1, 0.15) is 48.0 Å². The average molecular weight is 563 g/mol. The third kappa shape index (κ3) is 6.83. The SMILES string of the molecule is CC(C)(C)[Si](C)(C)OC[C@@H]1[C@@H](CO[Si](c2ccccc2)(c2ccccc2)C(C)(C)C)C[C@@H]1OS(C)(=O)=O. The Kier molecular flexibility index (Phi) is 9.04. The molecular formula is C29H46O5SSi2. The van der Waals surface area contributed by atoms with Crippen LogP contribution in [-0.2, 0) is 23.2 Å². The molecule has 206 valence electrons. The van der Waals surface area contributed by atoms with Gasteiger partial charge in [-0.1, -0.05) is 102 Å². The monoisotopic (exact) mass is 562 g/mol. The molecule has 2 aromatic rings. The third-order valence-electron chi connectivity index (χ3n) is 8.29. The van der Waals surface area contributed by atoms with E-state index in [1.165, 1.54) is 10.4 Å². The van der Waals surface area contributed by atoms with E-state index < -0.39 is 26.8 Å². The zero-order valence-electron chi connectivity index (χ0n) is 24.1. The van der Waals surface area contributed by atoms with Crippen molar-refractivity contribution in [2.75, 3.05) is 19.5 Å². The van der Waals surface area contributed by atoms with Crippen molar-refractivity contribution in [2.45, 2.75) is 77.2 Å². The topological polar surface area (TPSA) is 61.8 Å². The maximum atomic E-state index is 12.0. The largest absolute Gasteiger partial charge is 0.416 e. The Morgan fingerprint density at radius 3 is 1.68 bits per heavy atom. The van der Waals surface area contributed by atoms with Gasteiger partial charge < -0.3 is 8.85 Å². The zero-order chi connectivity index (χ0) is 27.7. The quantitative estimate of drug-likeness (QED) is 0.280. The molecule has 0 bridgehead atoms. The second-order valence-corrected chi connectivity index (χ2v) is 23.8. The summed E-state index contributed by atoms with van der Waals surface area (Å²) in [5, 5.41) is 2.44. The van der Waals surface area contributed by atoms with Gasteiger partial charge in [0.1, 0.15) is 0 Å². The van der Waals surface area contributed by atoms with Crippen LogP contribution in [0.25, 0.3) is 0 Å². The molecule has 1 aliphatic carbocycles. The molecule has 5 nitrogen and oxygen atoms in total. The molecule has 0 saturated heterocycles. The maximum absolute atomic E-state index is 12.0. The highest BCUT2D eigenvalue weighted by Gasteiger charge is 2.52. The molecule has 0 N–H and O–H groups in total. The van der Waals surface area contributed by atoms with E-state index >= 15 is 0 Å². The van der Waals surface area contributed by atoms with E-state index in [1.807, 2.05) is 12.1 Å². The first-order valence-electron chi connectivity index (χ1n) is 13.3. The van der Waals surface area contributed by atoms with Gasteiger partial charge in [-0.2, -0.15) is 8.42 Å². The fourth-order valence-electron chi connectivity index (χ4n) is 5.04. The summed E-state index contributed by atoms with van der Waals surface area (Å²) in [6.07, 6.45) is 1.41. The predicted molar refractivity (Wildman–Crippen MR) is 158 cm³/mol. The van der Waals surface area contributed by atoms with E-state index in [0.29, 0.717) is 19.6 Å². The molecule has 3 rings (SSSR count). The van der Waals surface area contributed by atoms with Crippen molar-refractivity contribution in [2.24, 2.45) is 11.8 Å². The van der Waals surface area contributed by atoms with Crippen molar-refractivity contribution in [3.8, 4) is 0 Å². The molecule has 0 unspecified atom stereocenters. The standard InChI is InChI=1S/C29H46O5SSi2/c1-28(2,3)36(8,9)32-22-26-23(20-27(26)34-35(7,30)31)21-33-37(29(4,5)6,24-16-12-10-13-17-24)25-18-14-11-15-19-25/h10-19,23,26-27H,20-22H2,1-9H3/t23-,26-,27+/m1/s1. The summed E-state index contributed by atoms with van der Waals surface area (Å²) in [6, 6.07) is 21.2. The molecule has 1 saturated carbocycles. The Morgan fingerprint density at radius 1 is 0.784 bits per heavy atom. The van der Waals surface area contributed by atoms with Gasteiger partial charge in [0.05, 0.1) is 12.4 Å². The second kappa shape index (κ2) is 11.1. The number of benzene rings is 2. The normalized spacial score (nSPS) is 21.5. The Morgan fingerprint density at radius 2 is 1.27 bits per heavy atom. The summed E-state index contributed by atoms with van der Waals surface area (Å²) in [5.41, 5.74) is 0. The van der Waals surface area contributed by atoms with Crippen LogP contribution < -0.4 is 10.4 Å². The summed E-state index contributed by atoms with van der Waals surface area (Å²) in [4.78, 5) is 0. The van der Waals surface area contributed by atoms with Crippen LogP contribution in [0.5, 0.6) is 0 Å². The smallest absolute Gasteiger partial charge is 0.264 e. The number of hydrogen-bond donors (Lipinski definition) is 0. The van der Waals surface area contributed by atoms with E-state index in [9.17, 15) is 8.42 Å². The molecular weight excluding hydrogens is 517 g/mol. The van der Waals surface area contributed by atoms with E-state index in [4.69, 9.17) is 13.0 Å². The van der Waals surface area contributed by atoms with E-state index in [1.54, 1.807) is 0 Å². The summed E-state index contributed by atoms with van der Waals surface area (Å²) < 4.78 is 43.2. The first-order chi connectivity index (χ1) is 17.0. The third-order valence-corrected chi connectivity index (χ3v) is 18.4. The van der Waals surface area contributed by atoms with Gasteiger partial charge in [-0.05, 0) is 45.9 Å². The number of hydrogen-bond acceptors (Lipinski definition) is 5. The van der Waals surface area contributed by atoms with Gasteiger partial charge in [0.25, 0.3) is 18.4 Å². The van der Waals surface area contributed by atoms with Crippen molar-refractivity contribution in [3.05, 3.63) is 60.7 Å². The lowest BCUT2D eigenvalue weighted by molar-refractivity contribution is -0.0547. The first-order valence-corrected chi connectivity index (χ1v) is 19.9. The Bertz CT molecular complexity index is 1080. The highest BCUT2D eigenvalue weighted by molar-refractivity contribution is 7.86. The van der Waals surface area contributed by atoms with Gasteiger partial charge in [-0.3, -0.25) is 4.18 Å². The molecule has 1 aliphatic rings. The molecule has 0 heterocycles. The van der Waals surface area contributed by atoms with Crippen molar-refractivity contribution >= 4 is 37.1 Å². The highest BCUT2D eigenvalue weighted by atomic mass is 32.2. The van der Waals surface area contributed by atoms with E-state index in [0.717, 1.165) is 6.26 Å². The van der Waals surface area contributed by atoms with E-state index in [-0.39, 0.29) is 28.0 Å². The van der Waals surface area contributed by atoms with Crippen LogP contribution in [0, 0.1) is 11.8 Å². The van der Waals surface area contributed by atoms with Gasteiger partial charge >= 0.3 is 0 Å². The summed E-state index contributed by atoms with van der Waals surface area (Å²) >= 11 is 0. The fraction of sp³-hybridized carbons (Fsp3) is 0.586. The van der Waals surface area contributed by atoms with Gasteiger partial charge in [-0.25, -0.2) is 0 Å². The lowest BCUT2D eigenvalue weighted by Gasteiger charge is -2.49. The van der Waals surface area contributed by atoms with Crippen molar-refractivity contribution in [3.63, 3.8) is 0 Å². The number of rotatable bonds is 10. The minimum atomic E-state index is -3.55. The Balaban J connectivity index is 1.91. The van der Waals surface area contributed by atoms with Crippen molar-refractivity contribution in [1.29, 1.82) is 0 Å². The van der Waals surface area contributed by atoms with Crippen LogP contribution in [0.3, 0.4) is 0 Å². The molecule has 1 fully saturated rings. The lowest BCUT2D eigenvalue weighted by atomic mass is 9.72. The first kappa shape index (κ1) is 30.2. The minimum Gasteiger partial charge on any atom is -0.416 e. The second-order valence-electron chi connectivity index (χ2n) is 13.0. The molecule has 2 aromatic carbocycles. The van der Waals surface area contributed by atoms with Crippen molar-refractivity contribution < 1.29 is 21.5 Å². The summed E-state index contributed by atoms with van der Waals surface area (Å²) in [6.45, 7) is 19.0. The van der Waals surface area contributed by atoms with Crippen molar-refractivity contribution in [1.82, 2.24) is 0 Å². The molecule has 3 atom stereocenters. The molecule has 8 heteroatoms. The average Bonchev–Trinajstić information content (AvgIpc) is 2.77. The van der Waals surface area contributed by atoms with Crippen LogP contribution >= 0.6 is 0 Å². The summed E-state index contributed by atoms with van der Waals surface area (Å²) in [5.74, 6) is 0.139. The van der Waals surface area contributed by atoms with Gasteiger partial charge in [-0.15, -0.1) is 0 Å². The fourth-order valence-corrected chi connectivity index (χ4v) is 11.4. The van der Waals surface area contributed by atoms with Crippen LogP contribution in [0.2, 0.25) is 23.2 Å². The molecule has 0 amide bonds. The zero-order valence-corrected chi connectivity index (χ0v) is 26.9. The highest BCUT2D eigenvalue weighted by Crippen LogP contribution is 2.44. The molecule has 0 aliphatic heterocycles. The Labute approximate surface area is 227 Å². The minimum absolute atomic E-state index is 0.0259. The van der Waals surface area contributed by atoms with Crippen LogP contribution in [0.4, 0.5) is 0 Å². The lowest BCUT2D eigenvalue weighted by Crippen LogP contribution is -2.67. The van der Waals surface area contributed by atoms with Gasteiger partial charge in [0, 0.05) is 19.1 Å². The van der Waals surface area contributed by atoms with Gasteiger partial charge in [0.2, 0.25) is 0 Å². The maximum Gasteiger partial charge on any atom is 0.264 e.